The van der Waals surface area contributed by atoms with Crippen LogP contribution in [0, 0.1) is 0 Å². The molecule has 96 valence electrons. The number of hydrogen-bond donors (Lipinski definition) is 2. The summed E-state index contributed by atoms with van der Waals surface area (Å²) in [6.07, 6.45) is 0. The van der Waals surface area contributed by atoms with E-state index in [0.29, 0.717) is 17.1 Å². The van der Waals surface area contributed by atoms with Gasteiger partial charge in [0.05, 0.1) is 8.81 Å². The zero-order chi connectivity index (χ0) is 13.1. The molecule has 0 radical (unpaired) electrons. The van der Waals surface area contributed by atoms with Crippen LogP contribution in [0.25, 0.3) is 0 Å². The lowest BCUT2D eigenvalue weighted by atomic mass is 10.2. The molecule has 0 bridgehead atoms. The maximum Gasteiger partial charge on any atom is 0.138 e. The van der Waals surface area contributed by atoms with E-state index in [1.165, 1.54) is 10.9 Å². The Morgan fingerprint density at radius 3 is 2.67 bits per heavy atom. The Morgan fingerprint density at radius 1 is 1.22 bits per heavy atom. The SMILES string of the molecule is Oc1c(Cl)cc(Cl)cc1CNCc1ccc(Br)s1. The molecule has 0 spiro atoms. The molecule has 0 saturated heterocycles. The third kappa shape index (κ3) is 3.62. The topological polar surface area (TPSA) is 32.3 Å². The van der Waals surface area contributed by atoms with Crippen molar-refractivity contribution in [2.75, 3.05) is 0 Å². The number of rotatable bonds is 4. The molecule has 0 fully saturated rings. The lowest BCUT2D eigenvalue weighted by Gasteiger charge is -2.08. The maximum atomic E-state index is 9.79. The van der Waals surface area contributed by atoms with Gasteiger partial charge in [-0.05, 0) is 40.2 Å². The molecular formula is C12H10BrCl2NOS. The molecule has 18 heavy (non-hydrogen) atoms. The lowest BCUT2D eigenvalue weighted by molar-refractivity contribution is 0.465. The van der Waals surface area contributed by atoms with Crippen molar-refractivity contribution in [3.05, 3.63) is 48.5 Å². The zero-order valence-corrected chi connectivity index (χ0v) is 13.1. The number of aromatic hydroxyl groups is 1. The van der Waals surface area contributed by atoms with E-state index >= 15 is 0 Å². The van der Waals surface area contributed by atoms with Crippen LogP contribution in [-0.2, 0) is 13.1 Å². The van der Waals surface area contributed by atoms with E-state index in [0.717, 1.165) is 10.3 Å². The highest BCUT2D eigenvalue weighted by molar-refractivity contribution is 9.11. The first-order valence-corrected chi connectivity index (χ1v) is 7.54. The van der Waals surface area contributed by atoms with Crippen molar-refractivity contribution in [1.29, 1.82) is 0 Å². The maximum absolute atomic E-state index is 9.79. The summed E-state index contributed by atoms with van der Waals surface area (Å²) in [7, 11) is 0. The van der Waals surface area contributed by atoms with Crippen molar-refractivity contribution < 1.29 is 5.11 Å². The number of benzene rings is 1. The van der Waals surface area contributed by atoms with E-state index in [1.54, 1.807) is 17.4 Å². The second-order valence-corrected chi connectivity index (χ2v) is 7.10. The normalized spacial score (nSPS) is 10.8. The Hall–Kier alpha value is -0.260. The Kier molecular flexibility index (Phi) is 4.92. The highest BCUT2D eigenvalue weighted by atomic mass is 79.9. The van der Waals surface area contributed by atoms with Crippen molar-refractivity contribution >= 4 is 50.5 Å². The minimum Gasteiger partial charge on any atom is -0.506 e. The second-order valence-electron chi connectivity index (χ2n) is 3.70. The third-order valence-corrected chi connectivity index (χ3v) is 4.48. The van der Waals surface area contributed by atoms with Crippen LogP contribution in [0.15, 0.2) is 28.1 Å². The molecule has 6 heteroatoms. The van der Waals surface area contributed by atoms with Gasteiger partial charge in [0.2, 0.25) is 0 Å². The molecular weight excluding hydrogens is 357 g/mol. The van der Waals surface area contributed by atoms with Gasteiger partial charge in [-0.25, -0.2) is 0 Å². The predicted molar refractivity (Wildman–Crippen MR) is 80.7 cm³/mol. The molecule has 2 N–H and O–H groups in total. The van der Waals surface area contributed by atoms with Crippen LogP contribution in [0.2, 0.25) is 10.0 Å². The Labute approximate surface area is 128 Å². The molecule has 0 aliphatic heterocycles. The van der Waals surface area contributed by atoms with E-state index in [4.69, 9.17) is 23.2 Å². The molecule has 0 aliphatic carbocycles. The minimum atomic E-state index is 0.0842. The van der Waals surface area contributed by atoms with Gasteiger partial charge >= 0.3 is 0 Å². The third-order valence-electron chi connectivity index (χ3n) is 2.35. The Bertz CT molecular complexity index is 559. The molecule has 0 aliphatic rings. The fourth-order valence-corrected chi connectivity index (χ4v) is 3.51. The molecule has 0 unspecified atom stereocenters. The number of halogens is 3. The quantitative estimate of drug-likeness (QED) is 0.813. The van der Waals surface area contributed by atoms with Gasteiger partial charge in [-0.1, -0.05) is 23.2 Å². The molecule has 1 heterocycles. The Morgan fingerprint density at radius 2 is 2.00 bits per heavy atom. The predicted octanol–water partition coefficient (Wildman–Crippen LogP) is 4.81. The minimum absolute atomic E-state index is 0.0842. The summed E-state index contributed by atoms with van der Waals surface area (Å²) in [5.41, 5.74) is 0.697. The first kappa shape index (κ1) is 14.2. The zero-order valence-electron chi connectivity index (χ0n) is 9.21. The van der Waals surface area contributed by atoms with Crippen LogP contribution < -0.4 is 5.32 Å². The summed E-state index contributed by atoms with van der Waals surface area (Å²) in [5, 5.41) is 13.8. The Balaban J connectivity index is 1.98. The van der Waals surface area contributed by atoms with E-state index in [-0.39, 0.29) is 10.8 Å². The van der Waals surface area contributed by atoms with Gasteiger partial charge in [0.1, 0.15) is 5.75 Å². The number of hydrogen-bond acceptors (Lipinski definition) is 3. The van der Waals surface area contributed by atoms with Gasteiger partial charge in [0, 0.05) is 28.6 Å². The van der Waals surface area contributed by atoms with Crippen LogP contribution in [-0.4, -0.2) is 5.11 Å². The van der Waals surface area contributed by atoms with Gasteiger partial charge in [-0.3, -0.25) is 0 Å². The summed E-state index contributed by atoms with van der Waals surface area (Å²) in [5.74, 6) is 0.0842. The standard InChI is InChI=1S/C12H10BrCl2NOS/c13-11-2-1-9(18-11)6-16-5-7-3-8(14)4-10(15)12(7)17/h1-4,16-17H,5-6H2. The number of nitrogens with one attached hydrogen (secondary N) is 1. The second kappa shape index (κ2) is 6.26. The van der Waals surface area contributed by atoms with E-state index in [2.05, 4.69) is 21.2 Å². The number of thiophene rings is 1. The first-order valence-electron chi connectivity index (χ1n) is 5.18. The molecule has 0 amide bonds. The highest BCUT2D eigenvalue weighted by Crippen LogP contribution is 2.31. The fraction of sp³-hybridized carbons (Fsp3) is 0.167. The van der Waals surface area contributed by atoms with Crippen LogP contribution in [0.5, 0.6) is 5.75 Å². The van der Waals surface area contributed by atoms with Crippen LogP contribution in [0.1, 0.15) is 10.4 Å². The largest absolute Gasteiger partial charge is 0.506 e. The van der Waals surface area contributed by atoms with Crippen LogP contribution >= 0.6 is 50.5 Å². The average molecular weight is 367 g/mol. The molecule has 0 saturated carbocycles. The number of phenolic OH excluding ortho intramolecular Hbond substituents is 1. The first-order chi connectivity index (χ1) is 8.56. The molecule has 2 nitrogen and oxygen atoms in total. The highest BCUT2D eigenvalue weighted by Gasteiger charge is 2.07. The van der Waals surface area contributed by atoms with Gasteiger partial charge < -0.3 is 10.4 Å². The summed E-state index contributed by atoms with van der Waals surface area (Å²) in [6, 6.07) is 7.29. The average Bonchev–Trinajstić information content (AvgIpc) is 2.71. The molecule has 2 aromatic rings. The fourth-order valence-electron chi connectivity index (χ4n) is 1.52. The number of phenols is 1. The summed E-state index contributed by atoms with van der Waals surface area (Å²) < 4.78 is 1.10. The van der Waals surface area contributed by atoms with Crippen LogP contribution in [0.4, 0.5) is 0 Å². The van der Waals surface area contributed by atoms with Gasteiger partial charge in [-0.2, -0.15) is 0 Å². The lowest BCUT2D eigenvalue weighted by Crippen LogP contribution is -2.11. The van der Waals surface area contributed by atoms with Crippen molar-refractivity contribution in [1.82, 2.24) is 5.32 Å². The van der Waals surface area contributed by atoms with Crippen molar-refractivity contribution in [3.8, 4) is 5.75 Å². The van der Waals surface area contributed by atoms with Gasteiger partial charge in [0.25, 0.3) is 0 Å². The van der Waals surface area contributed by atoms with Crippen molar-refractivity contribution in [2.24, 2.45) is 0 Å². The van der Waals surface area contributed by atoms with Crippen molar-refractivity contribution in [3.63, 3.8) is 0 Å². The van der Waals surface area contributed by atoms with E-state index in [9.17, 15) is 5.11 Å². The summed E-state index contributed by atoms with van der Waals surface area (Å²) in [4.78, 5) is 1.22. The summed E-state index contributed by atoms with van der Waals surface area (Å²) in [6.45, 7) is 1.25. The molecule has 1 aromatic heterocycles. The van der Waals surface area contributed by atoms with Gasteiger partial charge in [0.15, 0.2) is 0 Å². The molecule has 1 aromatic carbocycles. The molecule has 0 atom stereocenters. The molecule has 2 rings (SSSR count). The van der Waals surface area contributed by atoms with Gasteiger partial charge in [-0.15, -0.1) is 11.3 Å². The van der Waals surface area contributed by atoms with Crippen molar-refractivity contribution in [2.45, 2.75) is 13.1 Å². The monoisotopic (exact) mass is 365 g/mol. The summed E-state index contributed by atoms with van der Waals surface area (Å²) >= 11 is 16.8. The van der Waals surface area contributed by atoms with Crippen LogP contribution in [0.3, 0.4) is 0 Å². The smallest absolute Gasteiger partial charge is 0.138 e. The van der Waals surface area contributed by atoms with E-state index in [1.807, 2.05) is 12.1 Å². The van der Waals surface area contributed by atoms with E-state index < -0.39 is 0 Å².